The Morgan fingerprint density at radius 3 is 2.44 bits per heavy atom. The number of benzene rings is 1. The van der Waals surface area contributed by atoms with E-state index >= 15 is 0 Å². The molecule has 3 rings (SSSR count). The van der Waals surface area contributed by atoms with Crippen LogP contribution in [0.1, 0.15) is 5.56 Å². The highest BCUT2D eigenvalue weighted by molar-refractivity contribution is 7.99. The number of nitrogens with zero attached hydrogens (tertiary/aromatic N) is 2. The molecule has 0 amide bonds. The number of piperidine rings is 1. The molecular weight excluding hydrogens is 244 g/mol. The molecule has 2 atom stereocenters. The van der Waals surface area contributed by atoms with Gasteiger partial charge in [0.05, 0.1) is 5.71 Å². The third-order valence-electron chi connectivity index (χ3n) is 3.80. The number of hydrogen-bond donors (Lipinski definition) is 1. The third-order valence-corrected chi connectivity index (χ3v) is 5.07. The van der Waals surface area contributed by atoms with Gasteiger partial charge >= 0.3 is 0 Å². The summed E-state index contributed by atoms with van der Waals surface area (Å²) in [4.78, 5) is 2.50. The molecule has 0 aliphatic carbocycles. The van der Waals surface area contributed by atoms with E-state index < -0.39 is 0 Å². The van der Waals surface area contributed by atoms with Crippen LogP contribution in [0.4, 0.5) is 0 Å². The maximum Gasteiger partial charge on any atom is 0.0674 e. The van der Waals surface area contributed by atoms with E-state index in [1.54, 1.807) is 0 Å². The van der Waals surface area contributed by atoms with E-state index in [9.17, 15) is 0 Å². The molecule has 0 aromatic heterocycles. The minimum Gasteiger partial charge on any atom is -0.411 e. The Bertz CT molecular complexity index is 419. The van der Waals surface area contributed by atoms with Gasteiger partial charge in [-0.3, -0.25) is 4.90 Å². The lowest BCUT2D eigenvalue weighted by Gasteiger charge is -2.41. The van der Waals surface area contributed by atoms with Crippen molar-refractivity contribution < 1.29 is 5.21 Å². The van der Waals surface area contributed by atoms with Crippen molar-refractivity contribution in [2.75, 3.05) is 24.6 Å². The molecule has 2 heterocycles. The first kappa shape index (κ1) is 12.1. The Balaban J connectivity index is 1.70. The molecule has 0 radical (unpaired) electrons. The van der Waals surface area contributed by atoms with Crippen molar-refractivity contribution in [3.05, 3.63) is 35.9 Å². The fourth-order valence-corrected chi connectivity index (χ4v) is 4.24. The van der Waals surface area contributed by atoms with E-state index in [0.29, 0.717) is 11.8 Å². The summed E-state index contributed by atoms with van der Waals surface area (Å²) < 4.78 is 0. The van der Waals surface area contributed by atoms with Crippen LogP contribution >= 0.6 is 11.8 Å². The second-order valence-electron chi connectivity index (χ2n) is 5.14. The van der Waals surface area contributed by atoms with Gasteiger partial charge in [-0.25, -0.2) is 0 Å². The van der Waals surface area contributed by atoms with Crippen LogP contribution in [0.25, 0.3) is 0 Å². The summed E-state index contributed by atoms with van der Waals surface area (Å²) in [5.41, 5.74) is 2.41. The first-order valence-electron chi connectivity index (χ1n) is 6.42. The van der Waals surface area contributed by atoms with Crippen LogP contribution in [0, 0.1) is 11.8 Å². The molecule has 0 saturated carbocycles. The number of thioether (sulfide) groups is 1. The van der Waals surface area contributed by atoms with Gasteiger partial charge in [-0.2, -0.15) is 11.8 Å². The quantitative estimate of drug-likeness (QED) is 0.656. The molecular formula is C14H18N2OS. The van der Waals surface area contributed by atoms with Crippen molar-refractivity contribution in [2.45, 2.75) is 6.54 Å². The maximum atomic E-state index is 9.13. The van der Waals surface area contributed by atoms with E-state index in [0.717, 1.165) is 36.9 Å². The van der Waals surface area contributed by atoms with Crippen molar-refractivity contribution in [3.63, 3.8) is 0 Å². The molecule has 0 spiro atoms. The summed E-state index contributed by atoms with van der Waals surface area (Å²) in [7, 11) is 0. The molecule has 2 aliphatic rings. The summed E-state index contributed by atoms with van der Waals surface area (Å²) in [5.74, 6) is 3.08. The van der Waals surface area contributed by atoms with Gasteiger partial charge in [-0.05, 0) is 5.56 Å². The van der Waals surface area contributed by atoms with E-state index in [2.05, 4.69) is 40.4 Å². The molecule has 4 heteroatoms. The summed E-state index contributed by atoms with van der Waals surface area (Å²) >= 11 is 2.00. The molecule has 2 bridgehead atoms. The normalized spacial score (nSPS) is 28.1. The highest BCUT2D eigenvalue weighted by Crippen LogP contribution is 2.31. The SMILES string of the molecule is ON=C1[C@@H]2CSC[C@@H]1CN(Cc1ccccc1)C2. The van der Waals surface area contributed by atoms with E-state index in [1.165, 1.54) is 5.56 Å². The molecule has 2 saturated heterocycles. The minimum absolute atomic E-state index is 0.441. The van der Waals surface area contributed by atoms with Gasteiger partial charge in [0.2, 0.25) is 0 Å². The summed E-state index contributed by atoms with van der Waals surface area (Å²) in [6.45, 7) is 3.06. The van der Waals surface area contributed by atoms with Crippen LogP contribution in [0.3, 0.4) is 0 Å². The number of fused-ring (bicyclic) bond motifs is 2. The van der Waals surface area contributed by atoms with Gasteiger partial charge in [-0.15, -0.1) is 0 Å². The highest BCUT2D eigenvalue weighted by Gasteiger charge is 2.37. The molecule has 1 aromatic carbocycles. The molecule has 3 nitrogen and oxygen atoms in total. The fraction of sp³-hybridized carbons (Fsp3) is 0.500. The standard InChI is InChI=1S/C14H18N2OS/c17-15-14-12-7-16(8-13(14)10-18-9-12)6-11-4-2-1-3-5-11/h1-5,12-13,17H,6-10H2/t12-,13-/m0/s1. The Labute approximate surface area is 112 Å². The fourth-order valence-electron chi connectivity index (χ4n) is 2.98. The minimum atomic E-state index is 0.441. The molecule has 1 aromatic rings. The molecule has 2 aliphatic heterocycles. The number of hydrogen-bond acceptors (Lipinski definition) is 4. The predicted molar refractivity (Wildman–Crippen MR) is 75.2 cm³/mol. The van der Waals surface area contributed by atoms with Gasteiger partial charge in [0.15, 0.2) is 0 Å². The van der Waals surface area contributed by atoms with Crippen LogP contribution in [-0.4, -0.2) is 40.4 Å². The average Bonchev–Trinajstić information content (AvgIpc) is 2.39. The van der Waals surface area contributed by atoms with Gasteiger partial charge in [0, 0.05) is 43.0 Å². The summed E-state index contributed by atoms with van der Waals surface area (Å²) in [6, 6.07) is 10.6. The second kappa shape index (κ2) is 5.33. The first-order chi connectivity index (χ1) is 8.86. The van der Waals surface area contributed by atoms with Gasteiger partial charge in [0.1, 0.15) is 0 Å². The van der Waals surface area contributed by atoms with Gasteiger partial charge in [-0.1, -0.05) is 35.5 Å². The van der Waals surface area contributed by atoms with Crippen molar-refractivity contribution in [3.8, 4) is 0 Å². The molecule has 18 heavy (non-hydrogen) atoms. The van der Waals surface area contributed by atoms with Crippen molar-refractivity contribution in [2.24, 2.45) is 17.0 Å². The Hall–Kier alpha value is -1.00. The van der Waals surface area contributed by atoms with Crippen LogP contribution in [0.5, 0.6) is 0 Å². The predicted octanol–water partition coefficient (Wildman–Crippen LogP) is 2.31. The molecule has 2 fully saturated rings. The zero-order valence-electron chi connectivity index (χ0n) is 10.3. The molecule has 1 N–H and O–H groups in total. The van der Waals surface area contributed by atoms with E-state index in [4.69, 9.17) is 5.21 Å². The lowest BCUT2D eigenvalue weighted by atomic mass is 9.88. The average molecular weight is 262 g/mol. The van der Waals surface area contributed by atoms with Crippen LogP contribution in [0.2, 0.25) is 0 Å². The summed E-state index contributed by atoms with van der Waals surface area (Å²) in [5, 5.41) is 12.7. The lowest BCUT2D eigenvalue weighted by molar-refractivity contribution is 0.201. The molecule has 96 valence electrons. The Morgan fingerprint density at radius 2 is 1.83 bits per heavy atom. The maximum absolute atomic E-state index is 9.13. The highest BCUT2D eigenvalue weighted by atomic mass is 32.2. The van der Waals surface area contributed by atoms with Crippen molar-refractivity contribution in [1.82, 2.24) is 4.90 Å². The van der Waals surface area contributed by atoms with Crippen LogP contribution in [0.15, 0.2) is 35.5 Å². The Morgan fingerprint density at radius 1 is 1.17 bits per heavy atom. The van der Waals surface area contributed by atoms with E-state index in [-0.39, 0.29) is 0 Å². The Kier molecular flexibility index (Phi) is 3.57. The largest absolute Gasteiger partial charge is 0.411 e. The smallest absolute Gasteiger partial charge is 0.0674 e. The third kappa shape index (κ3) is 2.40. The first-order valence-corrected chi connectivity index (χ1v) is 7.58. The van der Waals surface area contributed by atoms with E-state index in [1.807, 2.05) is 11.8 Å². The monoisotopic (exact) mass is 262 g/mol. The van der Waals surface area contributed by atoms with Crippen LogP contribution in [-0.2, 0) is 6.54 Å². The lowest BCUT2D eigenvalue weighted by Crippen LogP contribution is -2.50. The van der Waals surface area contributed by atoms with Crippen molar-refractivity contribution >= 4 is 17.5 Å². The molecule has 0 unspecified atom stereocenters. The number of rotatable bonds is 2. The summed E-state index contributed by atoms with van der Waals surface area (Å²) in [6.07, 6.45) is 0. The van der Waals surface area contributed by atoms with Gasteiger partial charge in [0.25, 0.3) is 0 Å². The zero-order valence-corrected chi connectivity index (χ0v) is 11.1. The second-order valence-corrected chi connectivity index (χ2v) is 6.21. The zero-order chi connectivity index (χ0) is 12.4. The van der Waals surface area contributed by atoms with Crippen molar-refractivity contribution in [1.29, 1.82) is 0 Å². The van der Waals surface area contributed by atoms with Crippen LogP contribution < -0.4 is 0 Å². The van der Waals surface area contributed by atoms with Gasteiger partial charge < -0.3 is 5.21 Å². The number of oxime groups is 1. The topological polar surface area (TPSA) is 35.8 Å². The number of likely N-dealkylation sites (tertiary alicyclic amines) is 1.